The lowest BCUT2D eigenvalue weighted by molar-refractivity contribution is -0.146. The molecule has 20 heavy (non-hydrogen) atoms. The second-order valence-corrected chi connectivity index (χ2v) is 6.18. The van der Waals surface area contributed by atoms with Crippen molar-refractivity contribution >= 4 is 11.9 Å². The average molecular weight is 282 g/mol. The minimum Gasteiger partial charge on any atom is -0.481 e. The molecule has 2 N–H and O–H groups in total. The summed E-state index contributed by atoms with van der Waals surface area (Å²) in [5.41, 5.74) is 0. The van der Waals surface area contributed by atoms with E-state index in [1.165, 1.54) is 25.7 Å². The molecule has 0 spiro atoms. The number of hydrogen-bond acceptors (Lipinski definition) is 3. The summed E-state index contributed by atoms with van der Waals surface area (Å²) < 4.78 is 0. The summed E-state index contributed by atoms with van der Waals surface area (Å²) in [5.74, 6) is -0.425. The molecular formula is C15H26N2O3. The SMILES string of the molecule is CCC(=O)N1CC(NCC2CCCC2)CC(C(=O)O)C1. The summed E-state index contributed by atoms with van der Waals surface area (Å²) in [6, 6.07) is 0.126. The summed E-state index contributed by atoms with van der Waals surface area (Å²) in [4.78, 5) is 24.8. The fourth-order valence-electron chi connectivity index (χ4n) is 3.40. The Morgan fingerprint density at radius 2 is 1.95 bits per heavy atom. The number of nitrogens with one attached hydrogen (secondary N) is 1. The molecule has 2 fully saturated rings. The van der Waals surface area contributed by atoms with E-state index in [0.717, 1.165) is 12.5 Å². The second kappa shape index (κ2) is 7.07. The molecule has 1 saturated heterocycles. The van der Waals surface area contributed by atoms with E-state index in [-0.39, 0.29) is 11.9 Å². The van der Waals surface area contributed by atoms with Gasteiger partial charge in [0.2, 0.25) is 5.91 Å². The van der Waals surface area contributed by atoms with Crippen LogP contribution in [0.1, 0.15) is 45.4 Å². The van der Waals surface area contributed by atoms with Gasteiger partial charge >= 0.3 is 5.97 Å². The number of likely N-dealkylation sites (tertiary alicyclic amines) is 1. The van der Waals surface area contributed by atoms with Gasteiger partial charge in [-0.25, -0.2) is 0 Å². The van der Waals surface area contributed by atoms with Crippen LogP contribution < -0.4 is 5.32 Å². The molecule has 5 heteroatoms. The molecule has 2 atom stereocenters. The van der Waals surface area contributed by atoms with Gasteiger partial charge in [0, 0.05) is 25.6 Å². The van der Waals surface area contributed by atoms with Crippen molar-refractivity contribution in [2.45, 2.75) is 51.5 Å². The van der Waals surface area contributed by atoms with Crippen molar-refractivity contribution in [2.75, 3.05) is 19.6 Å². The van der Waals surface area contributed by atoms with Gasteiger partial charge < -0.3 is 15.3 Å². The van der Waals surface area contributed by atoms with Gasteiger partial charge in [-0.1, -0.05) is 19.8 Å². The van der Waals surface area contributed by atoms with E-state index in [4.69, 9.17) is 0 Å². The number of hydrogen-bond donors (Lipinski definition) is 2. The van der Waals surface area contributed by atoms with E-state index >= 15 is 0 Å². The molecule has 1 aliphatic heterocycles. The predicted molar refractivity (Wildman–Crippen MR) is 76.4 cm³/mol. The summed E-state index contributed by atoms with van der Waals surface area (Å²) in [7, 11) is 0. The Balaban J connectivity index is 1.88. The van der Waals surface area contributed by atoms with Gasteiger partial charge in [-0.3, -0.25) is 9.59 Å². The number of carbonyl (C=O) groups is 2. The average Bonchev–Trinajstić information content (AvgIpc) is 2.97. The number of rotatable bonds is 5. The highest BCUT2D eigenvalue weighted by atomic mass is 16.4. The quantitative estimate of drug-likeness (QED) is 0.801. The third-order valence-electron chi connectivity index (χ3n) is 4.62. The first-order chi connectivity index (χ1) is 9.60. The van der Waals surface area contributed by atoms with Gasteiger partial charge in [0.05, 0.1) is 5.92 Å². The molecule has 2 rings (SSSR count). The minimum absolute atomic E-state index is 0.0589. The van der Waals surface area contributed by atoms with E-state index in [1.54, 1.807) is 4.90 Å². The van der Waals surface area contributed by atoms with Crippen LogP contribution >= 0.6 is 0 Å². The Bertz CT molecular complexity index is 353. The Kier molecular flexibility index (Phi) is 5.40. The van der Waals surface area contributed by atoms with Crippen LogP contribution in [-0.4, -0.2) is 47.6 Å². The lowest BCUT2D eigenvalue weighted by Gasteiger charge is -2.37. The number of carboxylic acids is 1. The van der Waals surface area contributed by atoms with Crippen LogP contribution in [0.3, 0.4) is 0 Å². The van der Waals surface area contributed by atoms with Crippen molar-refractivity contribution < 1.29 is 14.7 Å². The fourth-order valence-corrected chi connectivity index (χ4v) is 3.40. The number of aliphatic carboxylic acids is 1. The molecule has 114 valence electrons. The fraction of sp³-hybridized carbons (Fsp3) is 0.867. The molecule has 0 radical (unpaired) electrons. The Morgan fingerprint density at radius 1 is 1.25 bits per heavy atom. The molecule has 2 unspecified atom stereocenters. The first-order valence-electron chi connectivity index (χ1n) is 7.84. The van der Waals surface area contributed by atoms with Crippen molar-refractivity contribution in [2.24, 2.45) is 11.8 Å². The molecule has 0 aromatic rings. The van der Waals surface area contributed by atoms with Crippen LogP contribution in [0, 0.1) is 11.8 Å². The van der Waals surface area contributed by atoms with Crippen LogP contribution in [0.15, 0.2) is 0 Å². The lowest BCUT2D eigenvalue weighted by atomic mass is 9.93. The number of carbonyl (C=O) groups excluding carboxylic acids is 1. The molecule has 1 aliphatic carbocycles. The van der Waals surface area contributed by atoms with Crippen molar-refractivity contribution in [3.63, 3.8) is 0 Å². The summed E-state index contributed by atoms with van der Waals surface area (Å²) >= 11 is 0. The van der Waals surface area contributed by atoms with Crippen LogP contribution in [0.25, 0.3) is 0 Å². The van der Waals surface area contributed by atoms with Gasteiger partial charge in [0.15, 0.2) is 0 Å². The molecular weight excluding hydrogens is 256 g/mol. The minimum atomic E-state index is -0.786. The van der Waals surface area contributed by atoms with Gasteiger partial charge in [-0.2, -0.15) is 0 Å². The molecule has 5 nitrogen and oxygen atoms in total. The lowest BCUT2D eigenvalue weighted by Crippen LogP contribution is -2.53. The number of nitrogens with zero attached hydrogens (tertiary/aromatic N) is 1. The first kappa shape index (κ1) is 15.3. The monoisotopic (exact) mass is 282 g/mol. The van der Waals surface area contributed by atoms with E-state index in [2.05, 4.69) is 5.32 Å². The van der Waals surface area contributed by atoms with Gasteiger partial charge in [0.25, 0.3) is 0 Å². The van der Waals surface area contributed by atoms with E-state index in [9.17, 15) is 14.7 Å². The highest BCUT2D eigenvalue weighted by Crippen LogP contribution is 2.25. The predicted octanol–water partition coefficient (Wildman–Crippen LogP) is 1.48. The van der Waals surface area contributed by atoms with E-state index < -0.39 is 11.9 Å². The molecule has 0 aromatic heterocycles. The second-order valence-electron chi connectivity index (χ2n) is 6.18. The Morgan fingerprint density at radius 3 is 2.55 bits per heavy atom. The summed E-state index contributed by atoms with van der Waals surface area (Å²) in [5, 5.41) is 12.7. The van der Waals surface area contributed by atoms with Crippen LogP contribution in [0.2, 0.25) is 0 Å². The number of piperidine rings is 1. The molecule has 1 amide bonds. The highest BCUT2D eigenvalue weighted by Gasteiger charge is 2.33. The summed E-state index contributed by atoms with van der Waals surface area (Å²) in [6.07, 6.45) is 6.26. The van der Waals surface area contributed by atoms with Crippen molar-refractivity contribution in [1.82, 2.24) is 10.2 Å². The number of amides is 1. The Labute approximate surface area is 120 Å². The largest absolute Gasteiger partial charge is 0.481 e. The first-order valence-corrected chi connectivity index (χ1v) is 7.84. The molecule has 2 aliphatic rings. The maximum absolute atomic E-state index is 11.8. The summed E-state index contributed by atoms with van der Waals surface area (Å²) in [6.45, 7) is 3.81. The van der Waals surface area contributed by atoms with Crippen molar-refractivity contribution in [3.8, 4) is 0 Å². The van der Waals surface area contributed by atoms with Crippen molar-refractivity contribution in [3.05, 3.63) is 0 Å². The van der Waals surface area contributed by atoms with Crippen LogP contribution in [0.5, 0.6) is 0 Å². The molecule has 1 heterocycles. The topological polar surface area (TPSA) is 69.6 Å². The zero-order valence-electron chi connectivity index (χ0n) is 12.3. The zero-order chi connectivity index (χ0) is 14.5. The maximum Gasteiger partial charge on any atom is 0.308 e. The molecule has 0 bridgehead atoms. The standard InChI is InChI=1S/C15H26N2O3/c1-2-14(18)17-9-12(15(19)20)7-13(10-17)16-8-11-5-3-4-6-11/h11-13,16H,2-10H2,1H3,(H,19,20). The smallest absolute Gasteiger partial charge is 0.308 e. The third-order valence-corrected chi connectivity index (χ3v) is 4.62. The van der Waals surface area contributed by atoms with E-state index in [0.29, 0.717) is 25.9 Å². The molecule has 0 aromatic carbocycles. The number of carboxylic acid groups (broad SMARTS) is 1. The van der Waals surface area contributed by atoms with Crippen LogP contribution in [0.4, 0.5) is 0 Å². The maximum atomic E-state index is 11.8. The van der Waals surface area contributed by atoms with Gasteiger partial charge in [-0.05, 0) is 31.7 Å². The van der Waals surface area contributed by atoms with E-state index in [1.807, 2.05) is 6.92 Å². The van der Waals surface area contributed by atoms with Crippen molar-refractivity contribution in [1.29, 1.82) is 0 Å². The highest BCUT2D eigenvalue weighted by molar-refractivity contribution is 5.77. The third kappa shape index (κ3) is 3.95. The normalized spacial score (nSPS) is 27.8. The Hall–Kier alpha value is -1.10. The van der Waals surface area contributed by atoms with Crippen LogP contribution in [-0.2, 0) is 9.59 Å². The molecule has 1 saturated carbocycles. The van der Waals surface area contributed by atoms with Gasteiger partial charge in [0.1, 0.15) is 0 Å². The zero-order valence-corrected chi connectivity index (χ0v) is 12.3. The van der Waals surface area contributed by atoms with Gasteiger partial charge in [-0.15, -0.1) is 0 Å².